The predicted molar refractivity (Wildman–Crippen MR) is 155 cm³/mol. The number of hydrogen-bond donors (Lipinski definition) is 1. The molecule has 1 aromatic heterocycles. The fourth-order valence-electron chi connectivity index (χ4n) is 5.70. The average molecular weight is 537 g/mol. The first-order chi connectivity index (χ1) is 19.1. The van der Waals surface area contributed by atoms with Crippen molar-refractivity contribution in [3.05, 3.63) is 118 Å². The first kappa shape index (κ1) is 25.5. The van der Waals surface area contributed by atoms with Crippen molar-refractivity contribution in [1.82, 2.24) is 14.8 Å². The Kier molecular flexibility index (Phi) is 7.26. The van der Waals surface area contributed by atoms with Gasteiger partial charge >= 0.3 is 0 Å². The fourth-order valence-corrected chi connectivity index (χ4v) is 6.73. The van der Waals surface area contributed by atoms with Crippen LogP contribution in [0.3, 0.4) is 0 Å². The number of aryl methyl sites for hydroxylation is 2. The van der Waals surface area contributed by atoms with Crippen LogP contribution in [0.2, 0.25) is 0 Å². The highest BCUT2D eigenvalue weighted by atomic mass is 32.1. The number of piperazine rings is 1. The maximum atomic E-state index is 13.6. The first-order valence-corrected chi connectivity index (χ1v) is 14.4. The number of carbonyl (C=O) groups is 2. The van der Waals surface area contributed by atoms with Gasteiger partial charge in [-0.15, -0.1) is 11.3 Å². The van der Waals surface area contributed by atoms with Crippen LogP contribution in [0.5, 0.6) is 0 Å². The minimum absolute atomic E-state index is 0.158. The molecule has 1 aliphatic carbocycles. The van der Waals surface area contributed by atoms with Gasteiger partial charge < -0.3 is 4.90 Å². The van der Waals surface area contributed by atoms with E-state index in [0.29, 0.717) is 23.8 Å². The Bertz CT molecular complexity index is 1410. The normalized spacial score (nSPS) is 17.3. The average Bonchev–Trinajstić information content (AvgIpc) is 3.55. The van der Waals surface area contributed by atoms with Gasteiger partial charge in [-0.2, -0.15) is 0 Å². The summed E-state index contributed by atoms with van der Waals surface area (Å²) < 4.78 is 0. The largest absolute Gasteiger partial charge is 0.340 e. The quantitative estimate of drug-likeness (QED) is 0.345. The van der Waals surface area contributed by atoms with Crippen LogP contribution in [0, 0.1) is 6.92 Å². The molecule has 7 heteroatoms. The molecule has 1 aliphatic heterocycles. The van der Waals surface area contributed by atoms with Gasteiger partial charge in [-0.3, -0.25) is 19.8 Å². The summed E-state index contributed by atoms with van der Waals surface area (Å²) in [5.41, 5.74) is 5.10. The third-order valence-electron chi connectivity index (χ3n) is 7.77. The summed E-state index contributed by atoms with van der Waals surface area (Å²) in [6.45, 7) is 5.02. The number of benzene rings is 3. The lowest BCUT2D eigenvalue weighted by atomic mass is 9.96. The molecule has 0 spiro atoms. The molecule has 2 aliphatic rings. The van der Waals surface area contributed by atoms with Crippen LogP contribution < -0.4 is 5.32 Å². The van der Waals surface area contributed by atoms with E-state index >= 15 is 0 Å². The van der Waals surface area contributed by atoms with Crippen LogP contribution in [-0.4, -0.2) is 52.8 Å². The summed E-state index contributed by atoms with van der Waals surface area (Å²) >= 11 is 1.49. The van der Waals surface area contributed by atoms with Gasteiger partial charge in [-0.05, 0) is 43.0 Å². The van der Waals surface area contributed by atoms with E-state index in [1.54, 1.807) is 0 Å². The second-order valence-electron chi connectivity index (χ2n) is 10.3. The molecule has 2 heterocycles. The van der Waals surface area contributed by atoms with Gasteiger partial charge in [0.15, 0.2) is 5.13 Å². The summed E-state index contributed by atoms with van der Waals surface area (Å²) in [7, 11) is 0. The summed E-state index contributed by atoms with van der Waals surface area (Å²) in [6, 6.07) is 28.9. The van der Waals surface area contributed by atoms with Crippen LogP contribution in [0.4, 0.5) is 5.13 Å². The molecule has 6 nitrogen and oxygen atoms in total. The maximum Gasteiger partial charge on any atom is 0.257 e. The predicted octanol–water partition coefficient (Wildman–Crippen LogP) is 5.67. The molecule has 0 bridgehead atoms. The standard InChI is InChI=1S/C32H32N4O2S/c1-22-12-14-25(15-13-22)30(37)34-32-33-28-26(16-17-27(28)39-32)31(38)36-20-18-35(19-21-36)29(23-8-4-2-5-9-23)24-10-6-3-7-11-24/h2-15,26,29H,16-21H2,1H3,(H,33,34,37). The third-order valence-corrected chi connectivity index (χ3v) is 8.82. The van der Waals surface area contributed by atoms with Crippen molar-refractivity contribution >= 4 is 28.3 Å². The van der Waals surface area contributed by atoms with E-state index in [0.717, 1.165) is 42.1 Å². The van der Waals surface area contributed by atoms with E-state index in [1.165, 1.54) is 22.5 Å². The Morgan fingerprint density at radius 1 is 0.872 bits per heavy atom. The highest BCUT2D eigenvalue weighted by Crippen LogP contribution is 2.40. The monoisotopic (exact) mass is 536 g/mol. The SMILES string of the molecule is Cc1ccc(C(=O)Nc2nc3c(s2)CCC3C(=O)N2CCN(C(c3ccccc3)c3ccccc3)CC2)cc1. The number of nitrogens with zero attached hydrogens (tertiary/aromatic N) is 3. The summed E-state index contributed by atoms with van der Waals surface area (Å²) in [5, 5.41) is 3.50. The highest BCUT2D eigenvalue weighted by Gasteiger charge is 2.37. The third kappa shape index (κ3) is 5.37. The minimum Gasteiger partial charge on any atom is -0.340 e. The Balaban J connectivity index is 1.12. The lowest BCUT2D eigenvalue weighted by Gasteiger charge is -2.40. The number of anilines is 1. The van der Waals surface area contributed by atoms with Gasteiger partial charge in [-0.25, -0.2) is 4.98 Å². The van der Waals surface area contributed by atoms with Gasteiger partial charge in [0.05, 0.1) is 17.7 Å². The first-order valence-electron chi connectivity index (χ1n) is 13.6. The van der Waals surface area contributed by atoms with Gasteiger partial charge in [0.2, 0.25) is 5.91 Å². The molecule has 1 N–H and O–H groups in total. The van der Waals surface area contributed by atoms with Gasteiger partial charge in [0.1, 0.15) is 0 Å². The van der Waals surface area contributed by atoms with E-state index in [-0.39, 0.29) is 23.8 Å². The molecule has 6 rings (SSSR count). The van der Waals surface area contributed by atoms with Crippen LogP contribution in [0.1, 0.15) is 56.0 Å². The smallest absolute Gasteiger partial charge is 0.257 e. The second kappa shape index (κ2) is 11.1. The second-order valence-corrected chi connectivity index (χ2v) is 11.4. The zero-order chi connectivity index (χ0) is 26.8. The summed E-state index contributed by atoms with van der Waals surface area (Å²) in [5.74, 6) is -0.245. The molecule has 1 atom stereocenters. The lowest BCUT2D eigenvalue weighted by Crippen LogP contribution is -2.50. The number of carbonyl (C=O) groups excluding carboxylic acids is 2. The molecular weight excluding hydrogens is 504 g/mol. The molecule has 0 radical (unpaired) electrons. The van der Waals surface area contributed by atoms with Crippen LogP contribution in [-0.2, 0) is 11.2 Å². The molecule has 1 unspecified atom stereocenters. The Morgan fingerprint density at radius 2 is 1.49 bits per heavy atom. The maximum absolute atomic E-state index is 13.6. The zero-order valence-corrected chi connectivity index (χ0v) is 22.9. The molecular formula is C32H32N4O2S. The summed E-state index contributed by atoms with van der Waals surface area (Å²) in [4.78, 5) is 36.7. The van der Waals surface area contributed by atoms with Crippen molar-refractivity contribution in [3.8, 4) is 0 Å². The van der Waals surface area contributed by atoms with E-state index in [2.05, 4.69) is 70.9 Å². The topological polar surface area (TPSA) is 65.5 Å². The molecule has 198 valence electrons. The molecule has 4 aromatic rings. The van der Waals surface area contributed by atoms with E-state index < -0.39 is 0 Å². The number of rotatable bonds is 6. The molecule has 39 heavy (non-hydrogen) atoms. The Morgan fingerprint density at radius 3 is 2.10 bits per heavy atom. The fraction of sp³-hybridized carbons (Fsp3) is 0.281. The Hall–Kier alpha value is -3.81. The number of fused-ring (bicyclic) bond motifs is 1. The minimum atomic E-state index is -0.230. The molecule has 0 saturated carbocycles. The van der Waals surface area contributed by atoms with E-state index in [4.69, 9.17) is 4.98 Å². The van der Waals surface area contributed by atoms with Crippen LogP contribution >= 0.6 is 11.3 Å². The van der Waals surface area contributed by atoms with Gasteiger partial charge in [-0.1, -0.05) is 78.4 Å². The number of thiazole rings is 1. The van der Waals surface area contributed by atoms with Crippen molar-refractivity contribution in [2.75, 3.05) is 31.5 Å². The number of amides is 2. The Labute approximate surface area is 233 Å². The van der Waals surface area contributed by atoms with E-state index in [1.807, 2.05) is 36.1 Å². The van der Waals surface area contributed by atoms with Crippen molar-refractivity contribution in [3.63, 3.8) is 0 Å². The number of hydrogen-bond acceptors (Lipinski definition) is 5. The van der Waals surface area contributed by atoms with Crippen molar-refractivity contribution in [2.24, 2.45) is 0 Å². The zero-order valence-electron chi connectivity index (χ0n) is 22.0. The van der Waals surface area contributed by atoms with Gasteiger partial charge in [0.25, 0.3) is 5.91 Å². The van der Waals surface area contributed by atoms with Crippen molar-refractivity contribution in [2.45, 2.75) is 31.7 Å². The van der Waals surface area contributed by atoms with E-state index in [9.17, 15) is 9.59 Å². The van der Waals surface area contributed by atoms with Crippen LogP contribution in [0.15, 0.2) is 84.9 Å². The highest BCUT2D eigenvalue weighted by molar-refractivity contribution is 7.16. The van der Waals surface area contributed by atoms with Crippen molar-refractivity contribution in [1.29, 1.82) is 0 Å². The molecule has 3 aromatic carbocycles. The lowest BCUT2D eigenvalue weighted by molar-refractivity contribution is -0.134. The molecule has 2 amide bonds. The summed E-state index contributed by atoms with van der Waals surface area (Å²) in [6.07, 6.45) is 1.62. The van der Waals surface area contributed by atoms with Crippen LogP contribution in [0.25, 0.3) is 0 Å². The van der Waals surface area contributed by atoms with Gasteiger partial charge in [0, 0.05) is 36.6 Å². The molecule has 1 fully saturated rings. The number of nitrogens with one attached hydrogen (secondary N) is 1. The van der Waals surface area contributed by atoms with Crippen molar-refractivity contribution < 1.29 is 9.59 Å². The number of aromatic nitrogens is 1. The molecule has 1 saturated heterocycles.